The second-order valence-electron chi connectivity index (χ2n) is 8.90. The van der Waals surface area contributed by atoms with E-state index in [0.717, 1.165) is 24.3 Å². The summed E-state index contributed by atoms with van der Waals surface area (Å²) in [6, 6.07) is 14.5. The van der Waals surface area contributed by atoms with Gasteiger partial charge >= 0.3 is 0 Å². The Morgan fingerprint density at radius 2 is 1.72 bits per heavy atom. The Kier molecular flexibility index (Phi) is 8.28. The van der Waals surface area contributed by atoms with Crippen molar-refractivity contribution in [3.8, 4) is 0 Å². The number of anilines is 1. The molecule has 2 aromatic heterocycles. The van der Waals surface area contributed by atoms with Crippen molar-refractivity contribution in [1.82, 2.24) is 20.2 Å². The molecule has 1 atom stereocenters. The third kappa shape index (κ3) is 6.66. The molecular formula is C27H29ClN6O2. The van der Waals surface area contributed by atoms with Gasteiger partial charge in [0.05, 0.1) is 5.56 Å². The lowest BCUT2D eigenvalue weighted by Crippen LogP contribution is -2.48. The fraction of sp³-hybridized carbons (Fsp3) is 0.296. The van der Waals surface area contributed by atoms with E-state index < -0.39 is 0 Å². The molecule has 0 radical (unpaired) electrons. The van der Waals surface area contributed by atoms with Gasteiger partial charge in [-0.1, -0.05) is 11.6 Å². The molecule has 8 nitrogen and oxygen atoms in total. The first-order valence-corrected chi connectivity index (χ1v) is 12.3. The number of hydrogen-bond donors (Lipinski definition) is 2. The van der Waals surface area contributed by atoms with Crippen LogP contribution in [0.3, 0.4) is 0 Å². The van der Waals surface area contributed by atoms with E-state index >= 15 is 0 Å². The van der Waals surface area contributed by atoms with Crippen LogP contribution in [-0.2, 0) is 6.42 Å². The second-order valence-corrected chi connectivity index (χ2v) is 9.34. The van der Waals surface area contributed by atoms with E-state index in [-0.39, 0.29) is 23.6 Å². The molecule has 0 spiro atoms. The number of halogens is 1. The zero-order valence-corrected chi connectivity index (χ0v) is 20.9. The molecule has 2 amide bonds. The molecule has 0 unspecified atom stereocenters. The van der Waals surface area contributed by atoms with E-state index in [1.807, 2.05) is 43.3 Å². The molecule has 0 aliphatic carbocycles. The molecule has 1 aliphatic rings. The van der Waals surface area contributed by atoms with Crippen molar-refractivity contribution >= 4 is 34.8 Å². The maximum Gasteiger partial charge on any atom is 0.270 e. The number of pyridine rings is 2. The zero-order chi connectivity index (χ0) is 25.5. The summed E-state index contributed by atoms with van der Waals surface area (Å²) in [5.74, 6) is -0.419. The molecule has 9 heteroatoms. The Balaban J connectivity index is 1.26. The Labute approximate surface area is 215 Å². The van der Waals surface area contributed by atoms with E-state index in [1.165, 1.54) is 6.20 Å². The predicted molar refractivity (Wildman–Crippen MR) is 141 cm³/mol. The van der Waals surface area contributed by atoms with E-state index in [4.69, 9.17) is 17.0 Å². The van der Waals surface area contributed by atoms with Crippen molar-refractivity contribution in [1.29, 1.82) is 5.41 Å². The minimum atomic E-state index is -0.324. The first kappa shape index (κ1) is 25.3. The molecular weight excluding hydrogens is 476 g/mol. The molecule has 0 saturated carbocycles. The molecule has 1 aromatic carbocycles. The monoisotopic (exact) mass is 504 g/mol. The number of carbonyl (C=O) groups is 2. The summed E-state index contributed by atoms with van der Waals surface area (Å²) in [5, 5.41) is 11.8. The lowest BCUT2D eigenvalue weighted by Gasteiger charge is -2.36. The molecule has 0 bridgehead atoms. The number of piperazine rings is 1. The number of aromatic nitrogens is 2. The maximum absolute atomic E-state index is 12.9. The van der Waals surface area contributed by atoms with Crippen LogP contribution < -0.4 is 10.2 Å². The predicted octanol–water partition coefficient (Wildman–Crippen LogP) is 3.86. The van der Waals surface area contributed by atoms with Crippen LogP contribution in [0.5, 0.6) is 0 Å². The van der Waals surface area contributed by atoms with Crippen LogP contribution >= 0.6 is 11.6 Å². The zero-order valence-electron chi connectivity index (χ0n) is 20.2. The number of nitrogens with zero attached hydrogens (tertiary/aromatic N) is 4. The van der Waals surface area contributed by atoms with Crippen molar-refractivity contribution in [3.05, 3.63) is 89.0 Å². The Bertz CT molecular complexity index is 1190. The highest BCUT2D eigenvalue weighted by Gasteiger charge is 2.23. The van der Waals surface area contributed by atoms with Gasteiger partial charge in [-0.3, -0.25) is 19.6 Å². The Morgan fingerprint density at radius 1 is 1.03 bits per heavy atom. The van der Waals surface area contributed by atoms with Gasteiger partial charge in [0.1, 0.15) is 5.69 Å². The van der Waals surface area contributed by atoms with Gasteiger partial charge in [0.2, 0.25) is 0 Å². The van der Waals surface area contributed by atoms with Gasteiger partial charge < -0.3 is 20.5 Å². The fourth-order valence-electron chi connectivity index (χ4n) is 4.19. The normalized spacial score (nSPS) is 14.3. The van der Waals surface area contributed by atoms with Crippen LogP contribution in [0.25, 0.3) is 0 Å². The van der Waals surface area contributed by atoms with Crippen LogP contribution in [0, 0.1) is 5.41 Å². The summed E-state index contributed by atoms with van der Waals surface area (Å²) in [7, 11) is 0. The smallest absolute Gasteiger partial charge is 0.270 e. The minimum absolute atomic E-state index is 0.0943. The molecule has 4 rings (SSSR count). The van der Waals surface area contributed by atoms with Gasteiger partial charge in [-0.25, -0.2) is 0 Å². The lowest BCUT2D eigenvalue weighted by atomic mass is 10.0. The molecule has 3 aromatic rings. The quantitative estimate of drug-likeness (QED) is 0.453. The maximum atomic E-state index is 12.9. The number of benzene rings is 1. The average molecular weight is 505 g/mol. The summed E-state index contributed by atoms with van der Waals surface area (Å²) in [5.41, 5.74) is 3.33. The molecule has 36 heavy (non-hydrogen) atoms. The lowest BCUT2D eigenvalue weighted by molar-refractivity contribution is 0.0745. The van der Waals surface area contributed by atoms with Crippen molar-refractivity contribution in [2.24, 2.45) is 0 Å². The van der Waals surface area contributed by atoms with Gasteiger partial charge in [0.15, 0.2) is 0 Å². The van der Waals surface area contributed by atoms with Gasteiger partial charge in [-0.15, -0.1) is 0 Å². The highest BCUT2D eigenvalue weighted by atomic mass is 35.5. The highest BCUT2D eigenvalue weighted by Crippen LogP contribution is 2.20. The average Bonchev–Trinajstić information content (AvgIpc) is 2.89. The van der Waals surface area contributed by atoms with Crippen molar-refractivity contribution in [2.75, 3.05) is 31.1 Å². The van der Waals surface area contributed by atoms with Gasteiger partial charge in [-0.2, -0.15) is 0 Å². The third-order valence-corrected chi connectivity index (χ3v) is 6.35. The van der Waals surface area contributed by atoms with Crippen molar-refractivity contribution < 1.29 is 9.59 Å². The van der Waals surface area contributed by atoms with Crippen LogP contribution in [0.2, 0.25) is 5.02 Å². The van der Waals surface area contributed by atoms with E-state index in [0.29, 0.717) is 42.2 Å². The van der Waals surface area contributed by atoms with Crippen LogP contribution in [0.4, 0.5) is 5.69 Å². The number of carbonyl (C=O) groups excluding carboxylic acids is 2. The number of rotatable bonds is 8. The Hall–Kier alpha value is -3.78. The summed E-state index contributed by atoms with van der Waals surface area (Å²) >= 11 is 5.97. The van der Waals surface area contributed by atoms with E-state index in [2.05, 4.69) is 20.2 Å². The second kappa shape index (κ2) is 11.8. The van der Waals surface area contributed by atoms with Gasteiger partial charge in [-0.05, 0) is 61.0 Å². The molecule has 186 valence electrons. The Morgan fingerprint density at radius 3 is 2.36 bits per heavy atom. The van der Waals surface area contributed by atoms with Crippen LogP contribution in [0.1, 0.15) is 39.8 Å². The number of nitrogens with one attached hydrogen (secondary N) is 2. The van der Waals surface area contributed by atoms with Crippen LogP contribution in [0.15, 0.2) is 67.1 Å². The largest absolute Gasteiger partial charge is 0.368 e. The molecule has 2 N–H and O–H groups in total. The fourth-order valence-corrected chi connectivity index (χ4v) is 4.32. The first-order valence-electron chi connectivity index (χ1n) is 11.9. The number of amides is 2. The summed E-state index contributed by atoms with van der Waals surface area (Å²) in [6.45, 7) is 4.53. The molecule has 1 aliphatic heterocycles. The number of hydrogen-bond acceptors (Lipinski definition) is 6. The summed E-state index contributed by atoms with van der Waals surface area (Å²) in [6.07, 6.45) is 5.82. The van der Waals surface area contributed by atoms with E-state index in [9.17, 15) is 9.59 Å². The van der Waals surface area contributed by atoms with Crippen LogP contribution in [-0.4, -0.2) is 64.6 Å². The minimum Gasteiger partial charge on any atom is -0.368 e. The third-order valence-electron chi connectivity index (χ3n) is 6.10. The molecule has 1 fully saturated rings. The first-order chi connectivity index (χ1) is 17.4. The molecule has 3 heterocycles. The van der Waals surface area contributed by atoms with Crippen molar-refractivity contribution in [2.45, 2.75) is 25.8 Å². The summed E-state index contributed by atoms with van der Waals surface area (Å²) in [4.78, 5) is 37.8. The van der Waals surface area contributed by atoms with E-state index in [1.54, 1.807) is 29.4 Å². The molecule has 1 saturated heterocycles. The van der Waals surface area contributed by atoms with Crippen molar-refractivity contribution in [3.63, 3.8) is 0 Å². The topological polar surface area (TPSA) is 102 Å². The van der Waals surface area contributed by atoms with Gasteiger partial charge in [0.25, 0.3) is 11.8 Å². The summed E-state index contributed by atoms with van der Waals surface area (Å²) < 4.78 is 0. The highest BCUT2D eigenvalue weighted by molar-refractivity contribution is 6.30. The van der Waals surface area contributed by atoms with Gasteiger partial charge in [0, 0.05) is 80.1 Å². The SMILES string of the molecule is C[C@@H](CC(=N)Cc1ccncc1)NC(=O)c1ccc(C(=O)N2CCN(c3ccc(Cl)cc3)CC2)cn1. The standard InChI is InChI=1S/C27H29ClN6O2/c1-19(16-23(29)17-20-8-10-30-11-9-20)32-26(35)25-7-2-21(18-31-25)27(36)34-14-12-33(13-15-34)24-5-3-22(28)4-6-24/h2-11,18-19,29H,12-17H2,1H3,(H,32,35)/t19-/m0/s1.